The van der Waals surface area contributed by atoms with Crippen LogP contribution < -0.4 is 15.0 Å². The fraction of sp³-hybridized carbons (Fsp3) is 0.318. The van der Waals surface area contributed by atoms with Crippen LogP contribution in [-0.4, -0.2) is 41.9 Å². The number of amides is 3. The van der Waals surface area contributed by atoms with Crippen molar-refractivity contribution in [1.82, 2.24) is 10.2 Å². The zero-order valence-corrected chi connectivity index (χ0v) is 16.5. The van der Waals surface area contributed by atoms with Gasteiger partial charge in [-0.05, 0) is 25.1 Å². The molecule has 0 aromatic heterocycles. The van der Waals surface area contributed by atoms with Crippen molar-refractivity contribution in [3.8, 4) is 5.75 Å². The van der Waals surface area contributed by atoms with Crippen molar-refractivity contribution < 1.29 is 19.1 Å². The van der Waals surface area contributed by atoms with E-state index in [1.54, 1.807) is 31.4 Å². The van der Waals surface area contributed by atoms with Gasteiger partial charge in [0.2, 0.25) is 11.6 Å². The molecule has 0 aliphatic carbocycles. The highest BCUT2D eigenvalue weighted by atomic mass is 16.5. The molecule has 2 aromatic rings. The Morgan fingerprint density at radius 2 is 1.86 bits per heavy atom. The number of carbonyl (C=O) groups is 3. The van der Waals surface area contributed by atoms with Gasteiger partial charge in [-0.25, -0.2) is 0 Å². The van der Waals surface area contributed by atoms with Crippen molar-refractivity contribution in [2.24, 2.45) is 0 Å². The van der Waals surface area contributed by atoms with Gasteiger partial charge in [0.05, 0.1) is 18.4 Å². The third kappa shape index (κ3) is 2.76. The number of likely N-dealkylation sites (N-methyl/N-ethyl adjacent to an activating group) is 1. The van der Waals surface area contributed by atoms with Crippen LogP contribution in [0.2, 0.25) is 0 Å². The number of fused-ring (bicyclic) bond motifs is 3. The molecule has 2 heterocycles. The van der Waals surface area contributed by atoms with Crippen molar-refractivity contribution in [2.75, 3.05) is 18.6 Å². The maximum Gasteiger partial charge on any atom is 0.267 e. The summed E-state index contributed by atoms with van der Waals surface area (Å²) in [5.74, 6) is -0.0849. The molecule has 4 rings (SSSR count). The van der Waals surface area contributed by atoms with Crippen LogP contribution in [0.15, 0.2) is 48.5 Å². The minimum Gasteiger partial charge on any atom is -0.496 e. The molecule has 7 nitrogen and oxygen atoms in total. The van der Waals surface area contributed by atoms with E-state index in [-0.39, 0.29) is 37.1 Å². The third-order valence-electron chi connectivity index (χ3n) is 5.69. The lowest BCUT2D eigenvalue weighted by molar-refractivity contribution is -0.133. The smallest absolute Gasteiger partial charge is 0.267 e. The van der Waals surface area contributed by atoms with E-state index in [0.717, 1.165) is 5.56 Å². The lowest BCUT2D eigenvalue weighted by atomic mass is 9.95. The highest BCUT2D eigenvalue weighted by molar-refractivity contribution is 6.16. The van der Waals surface area contributed by atoms with Gasteiger partial charge in [0, 0.05) is 31.5 Å². The van der Waals surface area contributed by atoms with E-state index in [1.807, 2.05) is 31.2 Å². The second-order valence-corrected chi connectivity index (χ2v) is 7.11. The first-order chi connectivity index (χ1) is 14.0. The van der Waals surface area contributed by atoms with Gasteiger partial charge in [0.25, 0.3) is 11.8 Å². The third-order valence-corrected chi connectivity index (χ3v) is 5.69. The summed E-state index contributed by atoms with van der Waals surface area (Å²) in [5, 5.41) is 2.94. The standard InChI is InChI=1S/C22H23N3O4/c1-3-24-20(27)16-9-5-6-10-17(16)25-19(26)12-13-22(24,25)21(28)23-14-15-8-4-7-11-18(15)29-2/h4-11H,3,12-14H2,1-2H3,(H,23,28)/t22-/m1/s1. The van der Waals surface area contributed by atoms with E-state index in [2.05, 4.69) is 5.32 Å². The first-order valence-corrected chi connectivity index (χ1v) is 9.69. The summed E-state index contributed by atoms with van der Waals surface area (Å²) in [7, 11) is 1.58. The summed E-state index contributed by atoms with van der Waals surface area (Å²) in [5.41, 5.74) is 0.412. The first kappa shape index (κ1) is 19.0. The van der Waals surface area contributed by atoms with E-state index in [0.29, 0.717) is 23.5 Å². The molecule has 0 saturated carbocycles. The Morgan fingerprint density at radius 1 is 1.14 bits per heavy atom. The molecule has 0 unspecified atom stereocenters. The van der Waals surface area contributed by atoms with E-state index < -0.39 is 5.66 Å². The van der Waals surface area contributed by atoms with Crippen LogP contribution in [0, 0.1) is 0 Å². The minimum atomic E-state index is -1.35. The van der Waals surface area contributed by atoms with E-state index in [4.69, 9.17) is 4.74 Å². The molecule has 1 fully saturated rings. The van der Waals surface area contributed by atoms with Crippen LogP contribution >= 0.6 is 0 Å². The number of nitrogens with zero attached hydrogens (tertiary/aromatic N) is 2. The van der Waals surface area contributed by atoms with Gasteiger partial charge in [-0.1, -0.05) is 30.3 Å². The van der Waals surface area contributed by atoms with E-state index >= 15 is 0 Å². The number of rotatable bonds is 5. The molecule has 2 aliphatic rings. The fourth-order valence-electron chi connectivity index (χ4n) is 4.37. The first-order valence-electron chi connectivity index (χ1n) is 9.69. The van der Waals surface area contributed by atoms with Gasteiger partial charge in [-0.2, -0.15) is 0 Å². The molecule has 0 bridgehead atoms. The minimum absolute atomic E-state index is 0.157. The van der Waals surface area contributed by atoms with Gasteiger partial charge in [0.1, 0.15) is 5.75 Å². The molecule has 1 saturated heterocycles. The van der Waals surface area contributed by atoms with Crippen molar-refractivity contribution in [3.63, 3.8) is 0 Å². The number of ether oxygens (including phenoxy) is 1. The summed E-state index contributed by atoms with van der Waals surface area (Å²) in [4.78, 5) is 42.5. The van der Waals surface area contributed by atoms with Crippen LogP contribution in [-0.2, 0) is 16.1 Å². The van der Waals surface area contributed by atoms with Crippen LogP contribution in [0.4, 0.5) is 5.69 Å². The largest absolute Gasteiger partial charge is 0.496 e. The maximum absolute atomic E-state index is 13.5. The molecule has 29 heavy (non-hydrogen) atoms. The predicted octanol–water partition coefficient (Wildman–Crippen LogP) is 2.31. The summed E-state index contributed by atoms with van der Waals surface area (Å²) >= 11 is 0. The van der Waals surface area contributed by atoms with Gasteiger partial charge in [0.15, 0.2) is 0 Å². The number of benzene rings is 2. The Bertz CT molecular complexity index is 990. The maximum atomic E-state index is 13.5. The second kappa shape index (κ2) is 7.24. The fourth-order valence-corrected chi connectivity index (χ4v) is 4.37. The Kier molecular flexibility index (Phi) is 4.74. The molecule has 1 N–H and O–H groups in total. The summed E-state index contributed by atoms with van der Waals surface area (Å²) in [6.07, 6.45) is 0.470. The van der Waals surface area contributed by atoms with Crippen LogP contribution in [0.25, 0.3) is 0 Å². The van der Waals surface area contributed by atoms with Crippen molar-refractivity contribution in [2.45, 2.75) is 32.0 Å². The van der Waals surface area contributed by atoms with E-state index in [9.17, 15) is 14.4 Å². The number of anilines is 1. The van der Waals surface area contributed by atoms with Crippen molar-refractivity contribution in [3.05, 3.63) is 59.7 Å². The topological polar surface area (TPSA) is 79.0 Å². The van der Waals surface area contributed by atoms with Gasteiger partial charge < -0.3 is 15.0 Å². The number of hydrogen-bond acceptors (Lipinski definition) is 4. The molecule has 3 amide bonds. The molecule has 0 radical (unpaired) electrons. The molecular formula is C22H23N3O4. The van der Waals surface area contributed by atoms with Crippen LogP contribution in [0.1, 0.15) is 35.7 Å². The molecule has 7 heteroatoms. The number of nitrogens with one attached hydrogen (secondary N) is 1. The second-order valence-electron chi connectivity index (χ2n) is 7.11. The average molecular weight is 393 g/mol. The van der Waals surface area contributed by atoms with Crippen molar-refractivity contribution >= 4 is 23.4 Å². The Morgan fingerprint density at radius 3 is 2.62 bits per heavy atom. The molecule has 1 atom stereocenters. The summed E-state index contributed by atoms with van der Waals surface area (Å²) < 4.78 is 5.35. The highest BCUT2D eigenvalue weighted by Gasteiger charge is 2.60. The van der Waals surface area contributed by atoms with E-state index in [1.165, 1.54) is 9.80 Å². The quantitative estimate of drug-likeness (QED) is 0.846. The van der Waals surface area contributed by atoms with Gasteiger partial charge >= 0.3 is 0 Å². The summed E-state index contributed by atoms with van der Waals surface area (Å²) in [6, 6.07) is 14.4. The molecule has 0 spiro atoms. The molecule has 2 aliphatic heterocycles. The molecule has 2 aromatic carbocycles. The monoisotopic (exact) mass is 393 g/mol. The summed E-state index contributed by atoms with van der Waals surface area (Å²) in [6.45, 7) is 2.38. The highest BCUT2D eigenvalue weighted by Crippen LogP contribution is 2.44. The normalized spacial score (nSPS) is 20.3. The van der Waals surface area contributed by atoms with Gasteiger partial charge in [-0.15, -0.1) is 0 Å². The molecule has 150 valence electrons. The Balaban J connectivity index is 1.72. The zero-order valence-electron chi connectivity index (χ0n) is 16.5. The van der Waals surface area contributed by atoms with Crippen LogP contribution in [0.3, 0.4) is 0 Å². The number of carbonyl (C=O) groups excluding carboxylic acids is 3. The number of para-hydroxylation sites is 2. The SMILES string of the molecule is CCN1C(=O)c2ccccc2N2C(=O)CC[C@@]12C(=O)NCc1ccccc1OC. The lowest BCUT2D eigenvalue weighted by Gasteiger charge is -2.48. The number of hydrogen-bond donors (Lipinski definition) is 1. The zero-order chi connectivity index (χ0) is 20.6. The molecular weight excluding hydrogens is 370 g/mol. The Hall–Kier alpha value is -3.35. The average Bonchev–Trinajstić information content (AvgIpc) is 3.11. The van der Waals surface area contributed by atoms with Crippen LogP contribution in [0.5, 0.6) is 5.75 Å². The van der Waals surface area contributed by atoms with Crippen molar-refractivity contribution in [1.29, 1.82) is 0 Å². The Labute approximate surface area is 169 Å². The number of methoxy groups -OCH3 is 1. The predicted molar refractivity (Wildman–Crippen MR) is 107 cm³/mol. The lowest BCUT2D eigenvalue weighted by Crippen LogP contribution is -2.70. The van der Waals surface area contributed by atoms with Gasteiger partial charge in [-0.3, -0.25) is 19.3 Å².